The number of oxazole rings is 1. The van der Waals surface area contributed by atoms with Crippen molar-refractivity contribution in [1.29, 1.82) is 0 Å². The second kappa shape index (κ2) is 10.6. The van der Waals surface area contributed by atoms with E-state index in [0.717, 1.165) is 38.5 Å². The van der Waals surface area contributed by atoms with Crippen LogP contribution in [0.2, 0.25) is 0 Å². The molecule has 0 radical (unpaired) electrons. The molecule has 14 heteroatoms. The van der Waals surface area contributed by atoms with Gasteiger partial charge in [-0.1, -0.05) is 0 Å². The van der Waals surface area contributed by atoms with Gasteiger partial charge < -0.3 is 18.8 Å². The SMILES string of the molecule is COCCOc1ccc(N2CCN(CCn3c(=O)n(C)n4c5c(nc34)N(N)CN=C5c3ncco3)CC2)cc1. The highest BCUT2D eigenvalue weighted by molar-refractivity contribution is 6.13. The fraction of sp³-hybridized carbons (Fsp3) is 0.440. The summed E-state index contributed by atoms with van der Waals surface area (Å²) >= 11 is 0. The van der Waals surface area contributed by atoms with Gasteiger partial charge in [-0.3, -0.25) is 19.5 Å². The van der Waals surface area contributed by atoms with E-state index in [1.165, 1.54) is 21.6 Å². The van der Waals surface area contributed by atoms with Crippen LogP contribution in [0.15, 0.2) is 50.9 Å². The van der Waals surface area contributed by atoms with E-state index in [0.29, 0.717) is 48.7 Å². The molecule has 3 aromatic heterocycles. The highest BCUT2D eigenvalue weighted by Crippen LogP contribution is 2.26. The highest BCUT2D eigenvalue weighted by Gasteiger charge is 2.32. The Kier molecular flexibility index (Phi) is 6.81. The number of hydrogen-bond donors (Lipinski definition) is 1. The van der Waals surface area contributed by atoms with Gasteiger partial charge in [0.2, 0.25) is 11.7 Å². The maximum Gasteiger partial charge on any atom is 0.345 e. The van der Waals surface area contributed by atoms with E-state index < -0.39 is 0 Å². The molecule has 5 heterocycles. The molecule has 0 atom stereocenters. The lowest BCUT2D eigenvalue weighted by Gasteiger charge is -2.36. The summed E-state index contributed by atoms with van der Waals surface area (Å²) in [7, 11) is 3.37. The number of hydrogen-bond acceptors (Lipinski definition) is 11. The third-order valence-electron chi connectivity index (χ3n) is 7.15. The number of fused-ring (bicyclic) bond motifs is 3. The minimum absolute atomic E-state index is 0.160. The molecule has 0 unspecified atom stereocenters. The van der Waals surface area contributed by atoms with Crippen LogP contribution in [-0.4, -0.2) is 94.1 Å². The topological polar surface area (TPSA) is 137 Å². The Morgan fingerprint density at radius 3 is 2.59 bits per heavy atom. The number of benzene rings is 1. The van der Waals surface area contributed by atoms with Crippen LogP contribution in [0, 0.1) is 0 Å². The number of aryl methyl sites for hydroxylation is 1. The van der Waals surface area contributed by atoms with Gasteiger partial charge in [0.05, 0.1) is 12.8 Å². The average molecular weight is 537 g/mol. The lowest BCUT2D eigenvalue weighted by molar-refractivity contribution is 0.146. The number of piperazine rings is 1. The van der Waals surface area contributed by atoms with Gasteiger partial charge in [0.1, 0.15) is 31.0 Å². The number of nitrogens with zero attached hydrogens (tertiary/aromatic N) is 9. The number of imidazole rings is 1. The van der Waals surface area contributed by atoms with E-state index in [4.69, 9.17) is 24.7 Å². The third kappa shape index (κ3) is 4.66. The molecule has 0 spiro atoms. The number of anilines is 2. The quantitative estimate of drug-likeness (QED) is 0.233. The van der Waals surface area contributed by atoms with Gasteiger partial charge in [-0.2, -0.15) is 4.98 Å². The van der Waals surface area contributed by atoms with Gasteiger partial charge in [0, 0.05) is 59.1 Å². The lowest BCUT2D eigenvalue weighted by Crippen LogP contribution is -2.47. The summed E-state index contributed by atoms with van der Waals surface area (Å²) in [5.74, 6) is 8.43. The number of ether oxygens (including phenoxy) is 2. The number of aliphatic imine (C=N–C) groups is 1. The van der Waals surface area contributed by atoms with Crippen LogP contribution < -0.4 is 26.2 Å². The van der Waals surface area contributed by atoms with Gasteiger partial charge in [0.25, 0.3) is 0 Å². The summed E-state index contributed by atoms with van der Waals surface area (Å²) in [5, 5.41) is 1.46. The van der Waals surface area contributed by atoms with Crippen LogP contribution in [0.5, 0.6) is 5.75 Å². The molecule has 0 saturated carbocycles. The summed E-state index contributed by atoms with van der Waals surface area (Å²) in [4.78, 5) is 31.5. The van der Waals surface area contributed by atoms with Crippen LogP contribution in [0.3, 0.4) is 0 Å². The standard InChI is InChI=1S/C25H32N10O4/c1-30-25(36)33(24-29-22-21(35(24)30)20(28-17-34(22)26)23-27-7-14-39-23)13-10-31-8-11-32(12-9-31)18-3-5-19(6-4-18)38-16-15-37-2/h3-7,14H,8-13,15-17,26H2,1-2H3. The molecule has 2 N–H and O–H groups in total. The van der Waals surface area contributed by atoms with E-state index >= 15 is 0 Å². The number of hydrazine groups is 1. The second-order valence-electron chi connectivity index (χ2n) is 9.47. The fourth-order valence-electron chi connectivity index (χ4n) is 5.06. The summed E-state index contributed by atoms with van der Waals surface area (Å²) in [6.45, 7) is 6.14. The van der Waals surface area contributed by atoms with Crippen molar-refractivity contribution in [3.63, 3.8) is 0 Å². The van der Waals surface area contributed by atoms with Crippen molar-refractivity contribution in [2.45, 2.75) is 6.54 Å². The van der Waals surface area contributed by atoms with E-state index in [-0.39, 0.29) is 12.4 Å². The Hall–Kier alpha value is -4.14. The summed E-state index contributed by atoms with van der Waals surface area (Å²) < 4.78 is 21.1. The average Bonchev–Trinajstić information content (AvgIpc) is 3.68. The Morgan fingerprint density at radius 2 is 1.87 bits per heavy atom. The lowest BCUT2D eigenvalue weighted by atomic mass is 10.2. The number of methoxy groups -OCH3 is 1. The van der Waals surface area contributed by atoms with Crippen molar-refractivity contribution in [2.24, 2.45) is 17.9 Å². The molecule has 1 fully saturated rings. The molecule has 6 rings (SSSR count). The largest absolute Gasteiger partial charge is 0.491 e. The van der Waals surface area contributed by atoms with E-state index in [1.807, 2.05) is 12.1 Å². The molecule has 0 amide bonds. The molecule has 1 saturated heterocycles. The maximum atomic E-state index is 13.2. The molecule has 39 heavy (non-hydrogen) atoms. The molecule has 0 aliphatic carbocycles. The predicted molar refractivity (Wildman–Crippen MR) is 145 cm³/mol. The van der Waals surface area contributed by atoms with Crippen molar-refractivity contribution in [3.8, 4) is 5.75 Å². The first-order chi connectivity index (χ1) is 19.0. The fourth-order valence-corrected chi connectivity index (χ4v) is 5.06. The Labute approximate surface area is 224 Å². The molecule has 206 valence electrons. The van der Waals surface area contributed by atoms with Gasteiger partial charge in [-0.25, -0.2) is 24.8 Å². The van der Waals surface area contributed by atoms with E-state index in [9.17, 15) is 4.79 Å². The Morgan fingerprint density at radius 1 is 1.08 bits per heavy atom. The minimum atomic E-state index is -0.160. The van der Waals surface area contributed by atoms with Crippen LogP contribution in [0.4, 0.5) is 11.5 Å². The monoisotopic (exact) mass is 536 g/mol. The van der Waals surface area contributed by atoms with Gasteiger partial charge >= 0.3 is 5.69 Å². The van der Waals surface area contributed by atoms with Crippen molar-refractivity contribution in [1.82, 2.24) is 28.6 Å². The van der Waals surface area contributed by atoms with Crippen molar-refractivity contribution < 1.29 is 13.9 Å². The maximum absolute atomic E-state index is 13.2. The molecule has 14 nitrogen and oxygen atoms in total. The van der Waals surface area contributed by atoms with Crippen molar-refractivity contribution in [2.75, 3.05) is 69.6 Å². The number of rotatable bonds is 9. The first-order valence-electron chi connectivity index (χ1n) is 12.9. The van der Waals surface area contributed by atoms with Gasteiger partial charge in [0.15, 0.2) is 11.5 Å². The molecule has 4 aromatic rings. The summed E-state index contributed by atoms with van der Waals surface area (Å²) in [5.41, 5.74) is 2.12. The molecule has 0 bridgehead atoms. The molecular weight excluding hydrogens is 504 g/mol. The van der Waals surface area contributed by atoms with Crippen molar-refractivity contribution in [3.05, 3.63) is 58.8 Å². The van der Waals surface area contributed by atoms with Crippen LogP contribution in [-0.2, 0) is 18.3 Å². The predicted octanol–water partition coefficient (Wildman–Crippen LogP) is 0.159. The van der Waals surface area contributed by atoms with Crippen LogP contribution >= 0.6 is 0 Å². The first kappa shape index (κ1) is 25.2. The Balaban J connectivity index is 1.14. The van der Waals surface area contributed by atoms with Gasteiger partial charge in [-0.15, -0.1) is 0 Å². The molecule has 2 aliphatic heterocycles. The smallest absolute Gasteiger partial charge is 0.345 e. The Bertz CT molecular complexity index is 1510. The van der Waals surface area contributed by atoms with Gasteiger partial charge in [-0.05, 0) is 24.3 Å². The number of nitrogens with two attached hydrogens (primary N) is 1. The molecule has 1 aromatic carbocycles. The minimum Gasteiger partial charge on any atom is -0.491 e. The highest BCUT2D eigenvalue weighted by atomic mass is 16.5. The van der Waals surface area contributed by atoms with E-state index in [2.05, 4.69) is 31.9 Å². The normalized spacial score (nSPS) is 16.1. The molecule has 2 aliphatic rings. The zero-order valence-electron chi connectivity index (χ0n) is 22.1. The van der Waals surface area contributed by atoms with Crippen LogP contribution in [0.25, 0.3) is 5.78 Å². The van der Waals surface area contributed by atoms with Crippen molar-refractivity contribution >= 4 is 23.0 Å². The zero-order chi connectivity index (χ0) is 26.9. The summed E-state index contributed by atoms with van der Waals surface area (Å²) in [6, 6.07) is 8.17. The molecular formula is C25H32N10O4. The summed E-state index contributed by atoms with van der Waals surface area (Å²) in [6.07, 6.45) is 3.05. The first-order valence-corrected chi connectivity index (χ1v) is 12.9. The van der Waals surface area contributed by atoms with E-state index in [1.54, 1.807) is 29.4 Å². The third-order valence-corrected chi connectivity index (χ3v) is 7.15. The number of aromatic nitrogens is 5. The van der Waals surface area contributed by atoms with Crippen LogP contribution in [0.1, 0.15) is 11.6 Å². The zero-order valence-corrected chi connectivity index (χ0v) is 22.1. The second-order valence-corrected chi connectivity index (χ2v) is 9.47.